The summed E-state index contributed by atoms with van der Waals surface area (Å²) in [5.41, 5.74) is 3.25. The van der Waals surface area contributed by atoms with Gasteiger partial charge in [0.15, 0.2) is 0 Å². The summed E-state index contributed by atoms with van der Waals surface area (Å²) in [6.07, 6.45) is -6.26. The van der Waals surface area contributed by atoms with E-state index < -0.39 is 36.9 Å². The summed E-state index contributed by atoms with van der Waals surface area (Å²) in [7, 11) is 3.03. The van der Waals surface area contributed by atoms with Crippen LogP contribution in [-0.2, 0) is 17.6 Å². The zero-order chi connectivity index (χ0) is 22.8. The average molecular weight is 438 g/mol. The van der Waals surface area contributed by atoms with Gasteiger partial charge < -0.3 is 29.5 Å². The van der Waals surface area contributed by atoms with Gasteiger partial charge in [0.2, 0.25) is 0 Å². The number of rotatable bonds is 7. The lowest BCUT2D eigenvalue weighted by Crippen LogP contribution is -2.59. The van der Waals surface area contributed by atoms with Gasteiger partial charge in [-0.2, -0.15) is 0 Å². The highest BCUT2D eigenvalue weighted by Gasteiger charge is 2.57. The first-order chi connectivity index (χ1) is 14.8. The number of halogens is 2. The Morgan fingerprint density at radius 3 is 2.26 bits per heavy atom. The van der Waals surface area contributed by atoms with Gasteiger partial charge in [-0.3, -0.25) is 0 Å². The number of alkyl halides is 2. The summed E-state index contributed by atoms with van der Waals surface area (Å²) in [4.78, 5) is 0. The molecule has 1 fully saturated rings. The van der Waals surface area contributed by atoms with Gasteiger partial charge >= 0.3 is 5.92 Å². The molecule has 31 heavy (non-hydrogen) atoms. The summed E-state index contributed by atoms with van der Waals surface area (Å²) >= 11 is 0. The van der Waals surface area contributed by atoms with Gasteiger partial charge in [0.1, 0.15) is 35.9 Å². The number of methoxy groups -OCH3 is 2. The highest BCUT2D eigenvalue weighted by Crippen LogP contribution is 2.43. The first-order valence-corrected chi connectivity index (χ1v) is 10.1. The van der Waals surface area contributed by atoms with Crippen LogP contribution in [0.2, 0.25) is 0 Å². The van der Waals surface area contributed by atoms with Crippen LogP contribution in [0.5, 0.6) is 11.5 Å². The number of benzene rings is 2. The highest BCUT2D eigenvalue weighted by atomic mass is 19.3. The molecule has 1 saturated heterocycles. The number of ether oxygens (including phenoxy) is 3. The maximum atomic E-state index is 14.2. The van der Waals surface area contributed by atoms with Crippen LogP contribution < -0.4 is 9.47 Å². The molecule has 4 atom stereocenters. The molecule has 0 amide bonds. The van der Waals surface area contributed by atoms with Crippen LogP contribution in [0.15, 0.2) is 36.4 Å². The molecular formula is C23H28F2O6. The Morgan fingerprint density at radius 1 is 1.03 bits per heavy atom. The van der Waals surface area contributed by atoms with E-state index in [4.69, 9.17) is 14.2 Å². The van der Waals surface area contributed by atoms with Crippen molar-refractivity contribution in [1.82, 2.24) is 0 Å². The van der Waals surface area contributed by atoms with Gasteiger partial charge in [-0.05, 0) is 53.8 Å². The smallest absolute Gasteiger partial charge is 0.303 e. The van der Waals surface area contributed by atoms with Crippen LogP contribution >= 0.6 is 0 Å². The number of aliphatic hydroxyl groups excluding tert-OH is 3. The molecule has 2 aromatic rings. The molecule has 8 heteroatoms. The Bertz CT molecular complexity index is 882. The Kier molecular flexibility index (Phi) is 7.16. The van der Waals surface area contributed by atoms with Crippen molar-refractivity contribution >= 4 is 0 Å². The lowest BCUT2D eigenvalue weighted by molar-refractivity contribution is -0.296. The number of hydrogen-bond donors (Lipinski definition) is 3. The van der Waals surface area contributed by atoms with Gasteiger partial charge in [-0.25, -0.2) is 8.78 Å². The molecule has 0 unspecified atom stereocenters. The largest absolute Gasteiger partial charge is 0.497 e. The molecule has 0 radical (unpaired) electrons. The van der Waals surface area contributed by atoms with Crippen molar-refractivity contribution in [3.05, 3.63) is 58.7 Å². The summed E-state index contributed by atoms with van der Waals surface area (Å²) in [5, 5.41) is 29.8. The Morgan fingerprint density at radius 2 is 1.71 bits per heavy atom. The Labute approximate surface area is 180 Å². The van der Waals surface area contributed by atoms with Crippen LogP contribution in [0.3, 0.4) is 0 Å². The van der Waals surface area contributed by atoms with Crippen LogP contribution in [0.1, 0.15) is 35.3 Å². The third kappa shape index (κ3) is 4.52. The summed E-state index contributed by atoms with van der Waals surface area (Å²) in [5.74, 6) is -2.69. The molecule has 1 aliphatic rings. The monoisotopic (exact) mass is 438 g/mol. The molecule has 1 aliphatic heterocycles. The average Bonchev–Trinajstić information content (AvgIpc) is 2.78. The molecule has 3 N–H and O–H groups in total. The number of aliphatic hydroxyl groups is 3. The van der Waals surface area contributed by atoms with E-state index in [1.54, 1.807) is 19.2 Å². The molecular weight excluding hydrogens is 410 g/mol. The van der Waals surface area contributed by atoms with Crippen molar-refractivity contribution in [2.45, 2.75) is 50.1 Å². The molecule has 1 heterocycles. The quantitative estimate of drug-likeness (QED) is 0.616. The van der Waals surface area contributed by atoms with Crippen molar-refractivity contribution in [2.75, 3.05) is 20.8 Å². The second kappa shape index (κ2) is 9.48. The number of aryl methyl sites for hydroxylation is 1. The second-order valence-corrected chi connectivity index (χ2v) is 7.58. The normalized spacial score (nSPS) is 25.3. The minimum Gasteiger partial charge on any atom is -0.497 e. The van der Waals surface area contributed by atoms with Gasteiger partial charge in [-0.1, -0.05) is 19.1 Å². The summed E-state index contributed by atoms with van der Waals surface area (Å²) < 4.78 is 44.4. The van der Waals surface area contributed by atoms with E-state index in [1.807, 2.05) is 31.2 Å². The summed E-state index contributed by atoms with van der Waals surface area (Å²) in [6.45, 7) is 0.991. The lowest BCUT2D eigenvalue weighted by atomic mass is 9.87. The van der Waals surface area contributed by atoms with Crippen molar-refractivity contribution in [3.8, 4) is 11.5 Å². The van der Waals surface area contributed by atoms with E-state index in [2.05, 4.69) is 0 Å². The van der Waals surface area contributed by atoms with Gasteiger partial charge in [0.25, 0.3) is 0 Å². The van der Waals surface area contributed by atoms with E-state index in [1.165, 1.54) is 7.11 Å². The van der Waals surface area contributed by atoms with Crippen LogP contribution in [-0.4, -0.2) is 60.4 Å². The molecule has 2 aromatic carbocycles. The predicted octanol–water partition coefficient (Wildman–Crippen LogP) is 2.65. The van der Waals surface area contributed by atoms with Crippen LogP contribution in [0.4, 0.5) is 8.78 Å². The zero-order valence-corrected chi connectivity index (χ0v) is 17.7. The fourth-order valence-electron chi connectivity index (χ4n) is 3.90. The van der Waals surface area contributed by atoms with E-state index >= 15 is 0 Å². The molecule has 170 valence electrons. The maximum Gasteiger partial charge on any atom is 0.303 e. The molecule has 0 bridgehead atoms. The SMILES string of the molecule is CCc1cc(OC)c([C@@H]2O[C@H](CO)C(F)(F)[C@H](O)[C@H]2O)cc1Cc1ccc(OC)cc1. The fourth-order valence-corrected chi connectivity index (χ4v) is 3.90. The predicted molar refractivity (Wildman–Crippen MR) is 110 cm³/mol. The minimum atomic E-state index is -3.78. The molecule has 0 spiro atoms. The van der Waals surface area contributed by atoms with Crippen molar-refractivity contribution < 1.29 is 38.3 Å². The fraction of sp³-hybridized carbons (Fsp3) is 0.478. The van der Waals surface area contributed by atoms with E-state index in [9.17, 15) is 24.1 Å². The lowest BCUT2D eigenvalue weighted by Gasteiger charge is -2.42. The second-order valence-electron chi connectivity index (χ2n) is 7.58. The summed E-state index contributed by atoms with van der Waals surface area (Å²) in [6, 6.07) is 11.1. The van der Waals surface area contributed by atoms with Crippen molar-refractivity contribution in [1.29, 1.82) is 0 Å². The first kappa shape index (κ1) is 23.4. The Hall–Kier alpha value is -2.26. The first-order valence-electron chi connectivity index (χ1n) is 10.1. The third-order valence-corrected chi connectivity index (χ3v) is 5.73. The van der Waals surface area contributed by atoms with Gasteiger partial charge in [-0.15, -0.1) is 0 Å². The molecule has 6 nitrogen and oxygen atoms in total. The van der Waals surface area contributed by atoms with E-state index in [-0.39, 0.29) is 0 Å². The molecule has 0 aromatic heterocycles. The third-order valence-electron chi connectivity index (χ3n) is 5.73. The topological polar surface area (TPSA) is 88.4 Å². The van der Waals surface area contributed by atoms with Crippen LogP contribution in [0, 0.1) is 0 Å². The van der Waals surface area contributed by atoms with Crippen LogP contribution in [0.25, 0.3) is 0 Å². The van der Waals surface area contributed by atoms with E-state index in [0.717, 1.165) is 22.4 Å². The van der Waals surface area contributed by atoms with Gasteiger partial charge in [0.05, 0.1) is 20.8 Å². The van der Waals surface area contributed by atoms with Crippen molar-refractivity contribution in [3.63, 3.8) is 0 Å². The van der Waals surface area contributed by atoms with E-state index in [0.29, 0.717) is 24.2 Å². The van der Waals surface area contributed by atoms with Crippen molar-refractivity contribution in [2.24, 2.45) is 0 Å². The molecule has 0 saturated carbocycles. The maximum absolute atomic E-state index is 14.2. The zero-order valence-electron chi connectivity index (χ0n) is 17.7. The molecule has 3 rings (SSSR count). The number of hydrogen-bond acceptors (Lipinski definition) is 6. The minimum absolute atomic E-state index is 0.337. The highest BCUT2D eigenvalue weighted by molar-refractivity contribution is 5.47. The van der Waals surface area contributed by atoms with Gasteiger partial charge in [0, 0.05) is 5.56 Å². The standard InChI is InChI=1S/C23H28F2O6/c1-4-14-11-18(30-3)17(10-15(14)9-13-5-7-16(29-2)8-6-13)21-20(27)22(28)23(24,25)19(12-26)31-21/h5-8,10-11,19-22,26-28H,4,9,12H2,1-3H3/t19-,20+,21+,22-/m1/s1. The Balaban J connectivity index is 2.01. The molecule has 0 aliphatic carbocycles.